The van der Waals surface area contributed by atoms with E-state index >= 15 is 0 Å². The fourth-order valence-electron chi connectivity index (χ4n) is 3.81. The van der Waals surface area contributed by atoms with Crippen LogP contribution in [0.5, 0.6) is 5.75 Å². The van der Waals surface area contributed by atoms with Crippen molar-refractivity contribution in [3.8, 4) is 5.75 Å². The smallest absolute Gasteiger partial charge is 0.317 e. The predicted molar refractivity (Wildman–Crippen MR) is 101 cm³/mol. The van der Waals surface area contributed by atoms with Crippen LogP contribution >= 0.6 is 0 Å². The number of amides is 3. The monoisotopic (exact) mass is 359 g/mol. The van der Waals surface area contributed by atoms with Gasteiger partial charge in [0, 0.05) is 24.8 Å². The van der Waals surface area contributed by atoms with E-state index in [2.05, 4.69) is 10.6 Å². The zero-order valence-corrected chi connectivity index (χ0v) is 15.5. The normalized spacial score (nSPS) is 21.1. The molecule has 2 N–H and O–H groups in total. The molecule has 1 aliphatic carbocycles. The van der Waals surface area contributed by atoms with Crippen LogP contribution in [0.1, 0.15) is 44.9 Å². The van der Waals surface area contributed by atoms with Crippen LogP contribution < -0.4 is 15.4 Å². The molecule has 6 heteroatoms. The van der Waals surface area contributed by atoms with E-state index in [0.717, 1.165) is 43.7 Å². The van der Waals surface area contributed by atoms with Crippen molar-refractivity contribution in [2.24, 2.45) is 5.92 Å². The lowest BCUT2D eigenvalue weighted by Crippen LogP contribution is -2.50. The van der Waals surface area contributed by atoms with Crippen molar-refractivity contribution in [3.63, 3.8) is 0 Å². The number of anilines is 1. The summed E-state index contributed by atoms with van der Waals surface area (Å²) in [5, 5.41) is 6.10. The lowest BCUT2D eigenvalue weighted by molar-refractivity contribution is -0.121. The molecule has 0 aromatic heterocycles. The van der Waals surface area contributed by atoms with E-state index in [9.17, 15) is 9.59 Å². The van der Waals surface area contributed by atoms with Crippen molar-refractivity contribution in [2.45, 2.75) is 51.0 Å². The lowest BCUT2D eigenvalue weighted by Gasteiger charge is -2.34. The molecule has 1 aromatic rings. The minimum absolute atomic E-state index is 0.0150. The number of carbonyl (C=O) groups excluding carboxylic acids is 2. The van der Waals surface area contributed by atoms with Gasteiger partial charge in [0.1, 0.15) is 5.75 Å². The van der Waals surface area contributed by atoms with Gasteiger partial charge in [-0.15, -0.1) is 0 Å². The third-order valence-corrected chi connectivity index (χ3v) is 5.37. The van der Waals surface area contributed by atoms with Gasteiger partial charge in [0.05, 0.1) is 13.0 Å². The van der Waals surface area contributed by atoms with Gasteiger partial charge >= 0.3 is 6.03 Å². The molecule has 3 rings (SSSR count). The van der Waals surface area contributed by atoms with E-state index in [0.29, 0.717) is 12.6 Å². The average molecular weight is 359 g/mol. The number of nitrogens with one attached hydrogen (secondary N) is 2. The van der Waals surface area contributed by atoms with Crippen molar-refractivity contribution in [3.05, 3.63) is 24.3 Å². The summed E-state index contributed by atoms with van der Waals surface area (Å²) >= 11 is 0. The Morgan fingerprint density at radius 2 is 1.77 bits per heavy atom. The highest BCUT2D eigenvalue weighted by Crippen LogP contribution is 2.22. The first-order chi connectivity index (χ1) is 12.7. The molecule has 26 heavy (non-hydrogen) atoms. The Balaban J connectivity index is 1.51. The molecule has 2 aliphatic rings. The second-order valence-electron chi connectivity index (χ2n) is 7.29. The highest BCUT2D eigenvalue weighted by molar-refractivity contribution is 5.93. The van der Waals surface area contributed by atoms with Gasteiger partial charge in [-0.1, -0.05) is 19.3 Å². The third-order valence-electron chi connectivity index (χ3n) is 5.37. The summed E-state index contributed by atoms with van der Waals surface area (Å²) in [7, 11) is 1.61. The van der Waals surface area contributed by atoms with Gasteiger partial charge in [0.15, 0.2) is 0 Å². The molecule has 0 radical (unpaired) electrons. The van der Waals surface area contributed by atoms with Crippen LogP contribution in [0.3, 0.4) is 0 Å². The van der Waals surface area contributed by atoms with E-state index in [1.807, 2.05) is 24.3 Å². The fourth-order valence-corrected chi connectivity index (χ4v) is 3.81. The van der Waals surface area contributed by atoms with E-state index in [4.69, 9.17) is 4.74 Å². The van der Waals surface area contributed by atoms with Crippen LogP contribution in [0, 0.1) is 5.92 Å². The molecule has 142 valence electrons. The molecule has 1 aromatic carbocycles. The number of nitrogens with zero attached hydrogens (tertiary/aromatic N) is 1. The summed E-state index contributed by atoms with van der Waals surface area (Å²) in [4.78, 5) is 26.9. The standard InChI is InChI=1S/C20H29N3O3/c1-26-18-11-9-17(10-12-18)21-19(24)15-6-5-13-23(14-15)20(25)22-16-7-3-2-4-8-16/h9-12,15-16H,2-8,13-14H2,1H3,(H,21,24)(H,22,25)/t15-/m0/s1. The zero-order valence-electron chi connectivity index (χ0n) is 15.5. The number of hydrogen-bond donors (Lipinski definition) is 2. The molecule has 0 bridgehead atoms. The van der Waals surface area contributed by atoms with Crippen LogP contribution in [-0.2, 0) is 4.79 Å². The largest absolute Gasteiger partial charge is 0.497 e. The molecule has 1 saturated carbocycles. The quantitative estimate of drug-likeness (QED) is 0.866. The maximum absolute atomic E-state index is 12.6. The van der Waals surface area contributed by atoms with Crippen LogP contribution in [0.4, 0.5) is 10.5 Å². The van der Waals surface area contributed by atoms with Gasteiger partial charge in [-0.25, -0.2) is 4.79 Å². The molecular weight excluding hydrogens is 330 g/mol. The second kappa shape index (κ2) is 8.92. The van der Waals surface area contributed by atoms with Crippen molar-refractivity contribution < 1.29 is 14.3 Å². The van der Waals surface area contributed by atoms with Crippen molar-refractivity contribution >= 4 is 17.6 Å². The summed E-state index contributed by atoms with van der Waals surface area (Å²) in [6, 6.07) is 7.57. The number of ether oxygens (including phenoxy) is 1. The lowest BCUT2D eigenvalue weighted by atomic mass is 9.95. The molecule has 2 fully saturated rings. The number of piperidine rings is 1. The Morgan fingerprint density at radius 3 is 2.46 bits per heavy atom. The maximum atomic E-state index is 12.6. The summed E-state index contributed by atoms with van der Waals surface area (Å²) in [5.74, 6) is 0.569. The summed E-state index contributed by atoms with van der Waals surface area (Å²) in [6.45, 7) is 1.21. The van der Waals surface area contributed by atoms with Crippen molar-refractivity contribution in [1.29, 1.82) is 0 Å². The molecule has 0 spiro atoms. The van der Waals surface area contributed by atoms with Crippen LogP contribution in [-0.4, -0.2) is 43.1 Å². The van der Waals surface area contributed by atoms with Gasteiger partial charge in [0.25, 0.3) is 0 Å². The Kier molecular flexibility index (Phi) is 6.36. The van der Waals surface area contributed by atoms with Crippen LogP contribution in [0.25, 0.3) is 0 Å². The first-order valence-corrected chi connectivity index (χ1v) is 9.66. The average Bonchev–Trinajstić information content (AvgIpc) is 2.69. The SMILES string of the molecule is COc1ccc(NC(=O)[C@H]2CCCN(C(=O)NC3CCCCC3)C2)cc1. The first-order valence-electron chi connectivity index (χ1n) is 9.66. The van der Waals surface area contributed by atoms with Gasteiger partial charge in [0.2, 0.25) is 5.91 Å². The molecule has 1 atom stereocenters. The minimum Gasteiger partial charge on any atom is -0.497 e. The van der Waals surface area contributed by atoms with Crippen LogP contribution in [0.2, 0.25) is 0 Å². The fraction of sp³-hybridized carbons (Fsp3) is 0.600. The molecule has 3 amide bonds. The molecule has 0 unspecified atom stereocenters. The highest BCUT2D eigenvalue weighted by Gasteiger charge is 2.29. The Morgan fingerprint density at radius 1 is 1.04 bits per heavy atom. The third kappa shape index (κ3) is 4.90. The number of rotatable bonds is 4. The molecule has 1 heterocycles. The van der Waals surface area contributed by atoms with Gasteiger partial charge in [-0.3, -0.25) is 4.79 Å². The number of urea groups is 1. The van der Waals surface area contributed by atoms with E-state index in [1.54, 1.807) is 12.0 Å². The van der Waals surface area contributed by atoms with Crippen molar-refractivity contribution in [1.82, 2.24) is 10.2 Å². The zero-order chi connectivity index (χ0) is 18.4. The van der Waals surface area contributed by atoms with Gasteiger partial charge in [-0.05, 0) is 49.9 Å². The number of methoxy groups -OCH3 is 1. The number of hydrogen-bond acceptors (Lipinski definition) is 3. The Bertz CT molecular complexity index is 611. The van der Waals surface area contributed by atoms with Crippen LogP contribution in [0.15, 0.2) is 24.3 Å². The van der Waals surface area contributed by atoms with E-state index in [1.165, 1.54) is 19.3 Å². The summed E-state index contributed by atoms with van der Waals surface area (Å²) in [5.41, 5.74) is 0.750. The molecular formula is C20H29N3O3. The topological polar surface area (TPSA) is 70.7 Å². The van der Waals surface area contributed by atoms with Crippen molar-refractivity contribution in [2.75, 3.05) is 25.5 Å². The maximum Gasteiger partial charge on any atom is 0.317 e. The van der Waals surface area contributed by atoms with Gasteiger partial charge < -0.3 is 20.3 Å². The first kappa shape index (κ1) is 18.5. The van der Waals surface area contributed by atoms with Gasteiger partial charge in [-0.2, -0.15) is 0 Å². The Labute approximate surface area is 155 Å². The van der Waals surface area contributed by atoms with E-state index in [-0.39, 0.29) is 17.9 Å². The molecule has 1 aliphatic heterocycles. The summed E-state index contributed by atoms with van der Waals surface area (Å²) in [6.07, 6.45) is 7.47. The number of carbonyl (C=O) groups is 2. The predicted octanol–water partition coefficient (Wildman–Crippen LogP) is 3.39. The number of likely N-dealkylation sites (tertiary alicyclic amines) is 1. The minimum atomic E-state index is -0.164. The van der Waals surface area contributed by atoms with E-state index < -0.39 is 0 Å². The number of benzene rings is 1. The molecule has 6 nitrogen and oxygen atoms in total. The Hall–Kier alpha value is -2.24. The summed E-state index contributed by atoms with van der Waals surface area (Å²) < 4.78 is 5.13. The molecule has 1 saturated heterocycles. The second-order valence-corrected chi connectivity index (χ2v) is 7.29. The highest BCUT2D eigenvalue weighted by atomic mass is 16.5.